The molecule has 2 aromatic rings. The smallest absolute Gasteiger partial charge is 0.410 e. The normalized spacial score (nSPS) is 25.1. The van der Waals surface area contributed by atoms with Gasteiger partial charge in [-0.25, -0.2) is 9.59 Å². The van der Waals surface area contributed by atoms with Crippen molar-refractivity contribution in [3.63, 3.8) is 0 Å². The van der Waals surface area contributed by atoms with Crippen LogP contribution >= 0.6 is 0 Å². The summed E-state index contributed by atoms with van der Waals surface area (Å²) in [7, 11) is 1.79. The molecule has 3 heterocycles. The van der Waals surface area contributed by atoms with Gasteiger partial charge in [0, 0.05) is 25.5 Å². The zero-order valence-electron chi connectivity index (χ0n) is 15.4. The van der Waals surface area contributed by atoms with Crippen LogP contribution in [0, 0.1) is 0 Å². The molecular weight excluding hydrogens is 344 g/mol. The summed E-state index contributed by atoms with van der Waals surface area (Å²) in [5.74, 6) is -0.247. The second kappa shape index (κ2) is 5.96. The molecule has 0 radical (unpaired) electrons. The van der Waals surface area contributed by atoms with Gasteiger partial charge < -0.3 is 14.4 Å². The highest BCUT2D eigenvalue weighted by Crippen LogP contribution is 2.34. The van der Waals surface area contributed by atoms with Crippen LogP contribution in [0.4, 0.5) is 4.79 Å². The average molecular weight is 366 g/mol. The van der Waals surface area contributed by atoms with Gasteiger partial charge in [-0.15, -0.1) is 0 Å². The molecule has 2 aromatic carbocycles. The van der Waals surface area contributed by atoms with Crippen LogP contribution in [-0.4, -0.2) is 54.1 Å². The van der Waals surface area contributed by atoms with E-state index < -0.39 is 0 Å². The van der Waals surface area contributed by atoms with Crippen LogP contribution in [0.25, 0.3) is 10.8 Å². The van der Waals surface area contributed by atoms with Crippen molar-refractivity contribution in [2.24, 2.45) is 0 Å². The van der Waals surface area contributed by atoms with Crippen LogP contribution in [0.3, 0.4) is 0 Å². The summed E-state index contributed by atoms with van der Waals surface area (Å²) in [6.45, 7) is 3.49. The van der Waals surface area contributed by atoms with Gasteiger partial charge in [0.2, 0.25) is 0 Å². The summed E-state index contributed by atoms with van der Waals surface area (Å²) in [4.78, 5) is 28.0. The van der Waals surface area contributed by atoms with E-state index in [0.29, 0.717) is 18.7 Å². The lowest BCUT2D eigenvalue weighted by atomic mass is 9.91. The summed E-state index contributed by atoms with van der Waals surface area (Å²) in [5, 5.41) is 2.13. The molecule has 6 heteroatoms. The molecule has 0 bridgehead atoms. The number of amides is 1. The second-order valence-corrected chi connectivity index (χ2v) is 7.91. The molecule has 140 valence electrons. The predicted octanol–water partition coefficient (Wildman–Crippen LogP) is 2.93. The minimum absolute atomic E-state index is 0.225. The molecule has 5 rings (SSSR count). The number of nitrogens with zero attached hydrogens (tertiary/aromatic N) is 2. The van der Waals surface area contributed by atoms with Gasteiger partial charge in [-0.05, 0) is 42.0 Å². The molecule has 1 spiro atoms. The van der Waals surface area contributed by atoms with E-state index in [1.54, 1.807) is 11.9 Å². The third-order valence-corrected chi connectivity index (χ3v) is 5.95. The molecule has 6 nitrogen and oxygen atoms in total. The lowest BCUT2D eigenvalue weighted by Crippen LogP contribution is -2.50. The van der Waals surface area contributed by atoms with Crippen molar-refractivity contribution < 1.29 is 19.1 Å². The van der Waals surface area contributed by atoms with E-state index in [2.05, 4.69) is 23.1 Å². The molecule has 3 aliphatic heterocycles. The second-order valence-electron chi connectivity index (χ2n) is 7.91. The van der Waals surface area contributed by atoms with E-state index >= 15 is 0 Å². The van der Waals surface area contributed by atoms with Gasteiger partial charge in [-0.2, -0.15) is 0 Å². The van der Waals surface area contributed by atoms with Crippen LogP contribution in [0.15, 0.2) is 30.3 Å². The number of benzene rings is 2. The first-order valence-corrected chi connectivity index (χ1v) is 9.42. The Kier molecular flexibility index (Phi) is 3.65. The molecule has 1 amide bonds. The molecule has 0 saturated carbocycles. The van der Waals surface area contributed by atoms with Crippen molar-refractivity contribution in [3.05, 3.63) is 47.0 Å². The molecule has 0 N–H and O–H groups in total. The highest BCUT2D eigenvalue weighted by atomic mass is 16.6. The zero-order valence-corrected chi connectivity index (χ0v) is 15.4. The number of carbonyl (C=O) groups excluding carboxylic acids is 2. The number of likely N-dealkylation sites (tertiary alicyclic amines) is 1. The standard InChI is InChI=1S/C21H22N2O4/c1-22-12-21(27-20(22)25)8-3-9-23(13-21)10-14-6-7-15-11-26-19(24)17-5-2-4-16(14)18(15)17/h2,4-7H,3,8-13H2,1H3/t21-/m1/s1. The Balaban J connectivity index is 1.46. The first-order valence-electron chi connectivity index (χ1n) is 9.42. The lowest BCUT2D eigenvalue weighted by molar-refractivity contribution is -0.0112. The molecule has 2 fully saturated rings. The summed E-state index contributed by atoms with van der Waals surface area (Å²) in [6.07, 6.45) is 1.70. The van der Waals surface area contributed by atoms with Crippen molar-refractivity contribution >= 4 is 22.8 Å². The Morgan fingerprint density at radius 1 is 1.15 bits per heavy atom. The minimum Gasteiger partial charge on any atom is -0.457 e. The van der Waals surface area contributed by atoms with E-state index in [4.69, 9.17) is 9.47 Å². The van der Waals surface area contributed by atoms with Crippen molar-refractivity contribution in [3.8, 4) is 0 Å². The maximum atomic E-state index is 12.1. The molecule has 27 heavy (non-hydrogen) atoms. The fourth-order valence-electron chi connectivity index (χ4n) is 4.76. The fraction of sp³-hybridized carbons (Fsp3) is 0.429. The number of likely N-dealkylation sites (N-methyl/N-ethyl adjacent to an activating group) is 1. The minimum atomic E-state index is -0.389. The Hall–Kier alpha value is -2.60. The summed E-state index contributed by atoms with van der Waals surface area (Å²) < 4.78 is 11.0. The summed E-state index contributed by atoms with van der Waals surface area (Å²) in [6, 6.07) is 10.0. The number of esters is 1. The quantitative estimate of drug-likeness (QED) is 0.765. The highest BCUT2D eigenvalue weighted by Gasteiger charge is 2.46. The van der Waals surface area contributed by atoms with Gasteiger partial charge in [0.05, 0.1) is 12.1 Å². The molecular formula is C21H22N2O4. The highest BCUT2D eigenvalue weighted by molar-refractivity contribution is 6.08. The zero-order chi connectivity index (χ0) is 18.6. The maximum Gasteiger partial charge on any atom is 0.410 e. The predicted molar refractivity (Wildman–Crippen MR) is 99.4 cm³/mol. The van der Waals surface area contributed by atoms with E-state index in [0.717, 1.165) is 48.8 Å². The van der Waals surface area contributed by atoms with Crippen LogP contribution in [0.5, 0.6) is 0 Å². The molecule has 0 aromatic heterocycles. The monoisotopic (exact) mass is 366 g/mol. The summed E-state index contributed by atoms with van der Waals surface area (Å²) >= 11 is 0. The number of carbonyl (C=O) groups is 2. The first-order chi connectivity index (χ1) is 13.0. The number of hydrogen-bond donors (Lipinski definition) is 0. The average Bonchev–Trinajstić information content (AvgIpc) is 2.92. The Labute approximate surface area is 157 Å². The number of cyclic esters (lactones) is 1. The number of hydrogen-bond acceptors (Lipinski definition) is 5. The van der Waals surface area contributed by atoms with E-state index in [-0.39, 0.29) is 17.7 Å². The van der Waals surface area contributed by atoms with E-state index in [1.807, 2.05) is 12.1 Å². The van der Waals surface area contributed by atoms with Crippen LogP contribution in [0.2, 0.25) is 0 Å². The largest absolute Gasteiger partial charge is 0.457 e. The Morgan fingerprint density at radius 3 is 2.85 bits per heavy atom. The van der Waals surface area contributed by atoms with Gasteiger partial charge >= 0.3 is 12.1 Å². The Morgan fingerprint density at radius 2 is 2.04 bits per heavy atom. The van der Waals surface area contributed by atoms with Gasteiger partial charge in [-0.1, -0.05) is 24.3 Å². The van der Waals surface area contributed by atoms with Gasteiger partial charge in [0.1, 0.15) is 12.2 Å². The lowest BCUT2D eigenvalue weighted by Gasteiger charge is -2.38. The summed E-state index contributed by atoms with van der Waals surface area (Å²) in [5.41, 5.74) is 2.52. The number of ether oxygens (including phenoxy) is 2. The van der Waals surface area contributed by atoms with Crippen LogP contribution in [-0.2, 0) is 22.6 Å². The SMILES string of the molecule is CN1C[C@@]2(CCCN(Cc3ccc4c5c(cccc35)C(=O)OC4)C2)OC1=O. The van der Waals surface area contributed by atoms with Crippen molar-refractivity contribution in [2.75, 3.05) is 26.7 Å². The molecule has 0 unspecified atom stereocenters. The maximum absolute atomic E-state index is 12.1. The van der Waals surface area contributed by atoms with Gasteiger partial charge in [0.25, 0.3) is 0 Å². The van der Waals surface area contributed by atoms with Crippen molar-refractivity contribution in [1.29, 1.82) is 0 Å². The molecule has 0 aliphatic carbocycles. The van der Waals surface area contributed by atoms with Gasteiger partial charge in [0.15, 0.2) is 0 Å². The fourth-order valence-corrected chi connectivity index (χ4v) is 4.76. The third kappa shape index (κ3) is 2.67. The Bertz CT molecular complexity index is 957. The van der Waals surface area contributed by atoms with E-state index in [9.17, 15) is 9.59 Å². The third-order valence-electron chi connectivity index (χ3n) is 5.95. The number of piperidine rings is 1. The van der Waals surface area contributed by atoms with Crippen molar-refractivity contribution in [1.82, 2.24) is 9.80 Å². The number of rotatable bonds is 2. The topological polar surface area (TPSA) is 59.1 Å². The first kappa shape index (κ1) is 16.6. The van der Waals surface area contributed by atoms with Gasteiger partial charge in [-0.3, -0.25) is 4.90 Å². The molecule has 1 atom stereocenters. The van der Waals surface area contributed by atoms with Crippen molar-refractivity contribution in [2.45, 2.75) is 31.6 Å². The van der Waals surface area contributed by atoms with E-state index in [1.165, 1.54) is 5.56 Å². The molecule has 3 aliphatic rings. The van der Waals surface area contributed by atoms with Crippen LogP contribution in [0.1, 0.15) is 34.3 Å². The van der Waals surface area contributed by atoms with Crippen LogP contribution < -0.4 is 0 Å². The molecule has 2 saturated heterocycles.